The Morgan fingerprint density at radius 1 is 1.15 bits per heavy atom. The summed E-state index contributed by atoms with van der Waals surface area (Å²) in [6.45, 7) is 3.66. The van der Waals surface area contributed by atoms with Gasteiger partial charge in [0.1, 0.15) is 5.75 Å². The molecule has 0 saturated heterocycles. The predicted octanol–water partition coefficient (Wildman–Crippen LogP) is 5.47. The summed E-state index contributed by atoms with van der Waals surface area (Å²) in [5.74, 6) is 1.74. The number of ether oxygens (including phenoxy) is 3. The third-order valence-electron chi connectivity index (χ3n) is 4.74. The molecule has 3 rings (SSSR count). The molecule has 0 spiro atoms. The first-order valence-electron chi connectivity index (χ1n) is 10.5. The molecule has 0 amide bonds. The molecule has 2 heterocycles. The molecule has 0 aliphatic heterocycles. The Bertz CT molecular complexity index is 1120. The number of carbonyl (C=O) groups excluding carboxylic acids is 2. The lowest BCUT2D eigenvalue weighted by Gasteiger charge is -2.19. The van der Waals surface area contributed by atoms with Crippen LogP contribution >= 0.6 is 23.1 Å². The summed E-state index contributed by atoms with van der Waals surface area (Å²) in [7, 11) is 2.76. The van der Waals surface area contributed by atoms with E-state index in [4.69, 9.17) is 14.2 Å². The summed E-state index contributed by atoms with van der Waals surface area (Å²) in [5, 5.41) is 5.76. The van der Waals surface area contributed by atoms with Crippen molar-refractivity contribution >= 4 is 46.0 Å². The maximum Gasteiger partial charge on any atom is 0.311 e. The molecule has 1 aromatic carbocycles. The molecule has 0 saturated carbocycles. The molecule has 1 N–H and O–H groups in total. The molecule has 0 atom stereocenters. The third kappa shape index (κ3) is 7.19. The van der Waals surface area contributed by atoms with E-state index in [2.05, 4.69) is 15.3 Å². The highest BCUT2D eigenvalue weighted by atomic mass is 32.2. The first-order chi connectivity index (χ1) is 16.3. The fourth-order valence-corrected chi connectivity index (χ4v) is 4.53. The minimum Gasteiger partial charge on any atom is -0.469 e. The smallest absolute Gasteiger partial charge is 0.311 e. The summed E-state index contributed by atoms with van der Waals surface area (Å²) in [6, 6.07) is 11.3. The second kappa shape index (κ2) is 11.8. The number of pyridine rings is 1. The van der Waals surface area contributed by atoms with Gasteiger partial charge in [0.2, 0.25) is 0 Å². The SMILES string of the molecule is COC(=O)CCSc1cnc(Nc2nc(CC(C)(C)C(=O)OC)cs2)c(Oc2ccccc2)c1. The minimum atomic E-state index is -0.678. The molecule has 180 valence electrons. The molecule has 0 radical (unpaired) electrons. The van der Waals surface area contributed by atoms with E-state index in [1.165, 1.54) is 37.3 Å². The Morgan fingerprint density at radius 2 is 1.91 bits per heavy atom. The number of benzene rings is 1. The van der Waals surface area contributed by atoms with Gasteiger partial charge in [0.15, 0.2) is 16.7 Å². The number of esters is 2. The molecule has 0 aliphatic rings. The van der Waals surface area contributed by atoms with Gasteiger partial charge in [-0.2, -0.15) is 0 Å². The van der Waals surface area contributed by atoms with Gasteiger partial charge < -0.3 is 19.5 Å². The summed E-state index contributed by atoms with van der Waals surface area (Å²) in [4.78, 5) is 33.4. The minimum absolute atomic E-state index is 0.255. The molecule has 10 heteroatoms. The van der Waals surface area contributed by atoms with Gasteiger partial charge in [-0.15, -0.1) is 23.1 Å². The topological polar surface area (TPSA) is 99.6 Å². The quantitative estimate of drug-likeness (QED) is 0.271. The van der Waals surface area contributed by atoms with Crippen molar-refractivity contribution in [3.63, 3.8) is 0 Å². The first kappa shape index (κ1) is 25.5. The van der Waals surface area contributed by atoms with Gasteiger partial charge >= 0.3 is 11.9 Å². The number of anilines is 2. The molecule has 34 heavy (non-hydrogen) atoms. The zero-order chi connectivity index (χ0) is 24.6. The molecule has 2 aromatic heterocycles. The molecular weight excluding hydrogens is 474 g/mol. The van der Waals surface area contributed by atoms with E-state index >= 15 is 0 Å². The van der Waals surface area contributed by atoms with Crippen LogP contribution < -0.4 is 10.1 Å². The summed E-state index contributed by atoms with van der Waals surface area (Å²) < 4.78 is 15.7. The van der Waals surface area contributed by atoms with Crippen LogP contribution in [-0.2, 0) is 25.5 Å². The van der Waals surface area contributed by atoms with Crippen LogP contribution in [-0.4, -0.2) is 41.9 Å². The predicted molar refractivity (Wildman–Crippen MR) is 133 cm³/mol. The summed E-state index contributed by atoms with van der Waals surface area (Å²) in [5.41, 5.74) is 0.103. The lowest BCUT2D eigenvalue weighted by Crippen LogP contribution is -2.28. The van der Waals surface area contributed by atoms with Gasteiger partial charge in [-0.25, -0.2) is 9.97 Å². The first-order valence-corrected chi connectivity index (χ1v) is 12.4. The number of aromatic nitrogens is 2. The Balaban J connectivity index is 1.78. The van der Waals surface area contributed by atoms with Crippen LogP contribution in [0.4, 0.5) is 10.9 Å². The van der Waals surface area contributed by atoms with Gasteiger partial charge in [-0.05, 0) is 32.0 Å². The van der Waals surface area contributed by atoms with E-state index in [1.807, 2.05) is 55.6 Å². The third-order valence-corrected chi connectivity index (χ3v) is 6.51. The van der Waals surface area contributed by atoms with Crippen LogP contribution in [0, 0.1) is 5.41 Å². The van der Waals surface area contributed by atoms with Crippen LogP contribution in [0.25, 0.3) is 0 Å². The number of rotatable bonds is 11. The van der Waals surface area contributed by atoms with Gasteiger partial charge in [0.25, 0.3) is 0 Å². The standard InChI is InChI=1S/C24H27N3O5S2/c1-24(2,22(29)31-4)13-16-15-34-23(26-16)27-21-19(32-17-8-6-5-7-9-17)12-18(14-25-21)33-11-10-20(28)30-3/h5-9,12,14-15H,10-11,13H2,1-4H3,(H,25,26,27). The molecule has 8 nitrogen and oxygen atoms in total. The van der Waals surface area contributed by atoms with E-state index in [0.29, 0.717) is 41.0 Å². The highest BCUT2D eigenvalue weighted by molar-refractivity contribution is 7.99. The Hall–Kier alpha value is -3.11. The van der Waals surface area contributed by atoms with Gasteiger partial charge in [-0.3, -0.25) is 9.59 Å². The molecule has 0 unspecified atom stereocenters. The number of thioether (sulfide) groups is 1. The van der Waals surface area contributed by atoms with Crippen molar-refractivity contribution in [3.8, 4) is 11.5 Å². The van der Waals surface area contributed by atoms with Crippen molar-refractivity contribution < 1.29 is 23.8 Å². The Labute approximate surface area is 207 Å². The lowest BCUT2D eigenvalue weighted by molar-refractivity contribution is -0.150. The van der Waals surface area contributed by atoms with Crippen molar-refractivity contribution in [2.75, 3.05) is 25.3 Å². The van der Waals surface area contributed by atoms with Crippen molar-refractivity contribution in [1.29, 1.82) is 0 Å². The number of methoxy groups -OCH3 is 2. The van der Waals surface area contributed by atoms with Crippen LogP contribution in [0.1, 0.15) is 26.0 Å². The number of hydrogen-bond donors (Lipinski definition) is 1. The second-order valence-electron chi connectivity index (χ2n) is 7.93. The number of thiazole rings is 1. The number of nitrogens with one attached hydrogen (secondary N) is 1. The number of nitrogens with zero attached hydrogens (tertiary/aromatic N) is 2. The number of para-hydroxylation sites is 1. The van der Waals surface area contributed by atoms with E-state index in [9.17, 15) is 9.59 Å². The Morgan fingerprint density at radius 3 is 2.62 bits per heavy atom. The molecule has 3 aromatic rings. The Kier molecular flexibility index (Phi) is 8.89. The van der Waals surface area contributed by atoms with Crippen molar-refractivity contribution in [1.82, 2.24) is 9.97 Å². The van der Waals surface area contributed by atoms with Gasteiger partial charge in [0.05, 0.1) is 31.7 Å². The average molecular weight is 502 g/mol. The van der Waals surface area contributed by atoms with Crippen molar-refractivity contribution in [2.24, 2.45) is 5.41 Å². The van der Waals surface area contributed by atoms with Crippen LogP contribution in [0.15, 0.2) is 52.9 Å². The van der Waals surface area contributed by atoms with Crippen molar-refractivity contribution in [2.45, 2.75) is 31.6 Å². The molecule has 0 bridgehead atoms. The van der Waals surface area contributed by atoms with Crippen LogP contribution in [0.2, 0.25) is 0 Å². The van der Waals surface area contributed by atoms with E-state index in [1.54, 1.807) is 6.20 Å². The van der Waals surface area contributed by atoms with Crippen molar-refractivity contribution in [3.05, 3.63) is 53.7 Å². The second-order valence-corrected chi connectivity index (χ2v) is 9.96. The zero-order valence-electron chi connectivity index (χ0n) is 19.5. The number of carbonyl (C=O) groups is 2. The lowest BCUT2D eigenvalue weighted by atomic mass is 9.88. The van der Waals surface area contributed by atoms with E-state index in [0.717, 1.165) is 10.6 Å². The molecular formula is C24H27N3O5S2. The maximum absolute atomic E-state index is 12.0. The maximum atomic E-state index is 12.0. The van der Waals surface area contributed by atoms with E-state index < -0.39 is 5.41 Å². The normalized spacial score (nSPS) is 11.1. The summed E-state index contributed by atoms with van der Waals surface area (Å²) in [6.07, 6.45) is 2.48. The molecule has 0 aliphatic carbocycles. The summed E-state index contributed by atoms with van der Waals surface area (Å²) >= 11 is 2.91. The largest absolute Gasteiger partial charge is 0.469 e. The monoisotopic (exact) mass is 501 g/mol. The van der Waals surface area contributed by atoms with Crippen LogP contribution in [0.5, 0.6) is 11.5 Å². The fraction of sp³-hybridized carbons (Fsp3) is 0.333. The highest BCUT2D eigenvalue weighted by Crippen LogP contribution is 2.35. The van der Waals surface area contributed by atoms with Gasteiger partial charge in [-0.1, -0.05) is 18.2 Å². The number of hydrogen-bond acceptors (Lipinski definition) is 10. The van der Waals surface area contributed by atoms with Crippen LogP contribution in [0.3, 0.4) is 0 Å². The fourth-order valence-electron chi connectivity index (χ4n) is 3.00. The molecule has 0 fully saturated rings. The van der Waals surface area contributed by atoms with Gasteiger partial charge in [0, 0.05) is 28.6 Å². The zero-order valence-corrected chi connectivity index (χ0v) is 21.1. The van der Waals surface area contributed by atoms with E-state index in [-0.39, 0.29) is 11.9 Å². The highest BCUT2D eigenvalue weighted by Gasteiger charge is 2.30. The average Bonchev–Trinajstić information content (AvgIpc) is 3.26.